The minimum absolute atomic E-state index is 0.114. The summed E-state index contributed by atoms with van der Waals surface area (Å²) in [5.41, 5.74) is 4.98. The number of amides is 1. The highest BCUT2D eigenvalue weighted by Gasteiger charge is 2.11. The zero-order valence-electron chi connectivity index (χ0n) is 25.4. The Kier molecular flexibility index (Phi) is 9.96. The van der Waals surface area contributed by atoms with E-state index < -0.39 is 0 Å². The van der Waals surface area contributed by atoms with Crippen molar-refractivity contribution in [2.45, 2.75) is 33.6 Å². The number of hydrogen-bond acceptors (Lipinski definition) is 8. The molecule has 4 aromatic carbocycles. The van der Waals surface area contributed by atoms with Crippen LogP contribution in [-0.2, 0) is 14.3 Å². The summed E-state index contributed by atoms with van der Waals surface area (Å²) in [6, 6.07) is 25.4. The lowest BCUT2D eigenvalue weighted by Crippen LogP contribution is -2.23. The van der Waals surface area contributed by atoms with Crippen LogP contribution in [0.4, 0.5) is 17.1 Å². The second-order valence-corrected chi connectivity index (χ2v) is 10.3. The van der Waals surface area contributed by atoms with Crippen molar-refractivity contribution in [3.05, 3.63) is 78.9 Å². The zero-order chi connectivity index (χ0) is 30.9. The first-order valence-electron chi connectivity index (χ1n) is 15.1. The van der Waals surface area contributed by atoms with Gasteiger partial charge in [-0.05, 0) is 98.6 Å². The fourth-order valence-corrected chi connectivity index (χ4v) is 4.98. The Morgan fingerprint density at radius 1 is 0.864 bits per heavy atom. The maximum Gasteiger partial charge on any atom is 0.305 e. The number of hydrogen-bond donors (Lipinski definition) is 2. The summed E-state index contributed by atoms with van der Waals surface area (Å²) in [4.78, 5) is 31.0. The molecule has 5 rings (SSSR count). The topological polar surface area (TPSA) is 106 Å². The molecular formula is C35H38N4O5. The average molecular weight is 595 g/mol. The summed E-state index contributed by atoms with van der Waals surface area (Å²) in [6.07, 6.45) is 0.903. The van der Waals surface area contributed by atoms with Crippen LogP contribution < -0.4 is 20.3 Å². The summed E-state index contributed by atoms with van der Waals surface area (Å²) in [7, 11) is 0. The number of fused-ring (bicyclic) bond motifs is 2. The highest BCUT2D eigenvalue weighted by molar-refractivity contribution is 5.95. The summed E-state index contributed by atoms with van der Waals surface area (Å²) < 4.78 is 16.8. The third kappa shape index (κ3) is 7.66. The molecule has 0 fully saturated rings. The van der Waals surface area contributed by atoms with Gasteiger partial charge in [-0.2, -0.15) is 0 Å². The number of benzene rings is 4. The molecule has 228 valence electrons. The number of nitrogens with zero attached hydrogens (tertiary/aromatic N) is 2. The van der Waals surface area contributed by atoms with Crippen molar-refractivity contribution < 1.29 is 23.5 Å². The lowest BCUT2D eigenvalue weighted by Gasteiger charge is -2.21. The maximum absolute atomic E-state index is 12.6. The number of carbonyl (C=O) groups is 2. The zero-order valence-corrected chi connectivity index (χ0v) is 25.4. The third-order valence-corrected chi connectivity index (χ3v) is 7.28. The van der Waals surface area contributed by atoms with Crippen LogP contribution in [0.2, 0.25) is 0 Å². The van der Waals surface area contributed by atoms with Gasteiger partial charge in [0, 0.05) is 48.2 Å². The second-order valence-electron chi connectivity index (χ2n) is 10.3. The van der Waals surface area contributed by atoms with Crippen molar-refractivity contribution in [3.63, 3.8) is 0 Å². The summed E-state index contributed by atoms with van der Waals surface area (Å²) >= 11 is 0. The van der Waals surface area contributed by atoms with E-state index in [0.29, 0.717) is 48.8 Å². The van der Waals surface area contributed by atoms with Crippen molar-refractivity contribution in [2.75, 3.05) is 48.4 Å². The Morgan fingerprint density at radius 2 is 1.61 bits per heavy atom. The molecule has 9 nitrogen and oxygen atoms in total. The minimum Gasteiger partial charge on any atom is -0.493 e. The van der Waals surface area contributed by atoms with Crippen LogP contribution in [0, 0.1) is 0 Å². The van der Waals surface area contributed by atoms with Gasteiger partial charge >= 0.3 is 5.97 Å². The van der Waals surface area contributed by atoms with E-state index in [9.17, 15) is 9.59 Å². The Morgan fingerprint density at radius 3 is 2.39 bits per heavy atom. The van der Waals surface area contributed by atoms with E-state index in [1.807, 2.05) is 78.9 Å². The molecule has 1 aromatic heterocycles. The molecule has 0 aliphatic heterocycles. The third-order valence-electron chi connectivity index (χ3n) is 7.28. The van der Waals surface area contributed by atoms with Gasteiger partial charge in [-0.25, -0.2) is 4.98 Å². The molecular weight excluding hydrogens is 556 g/mol. The van der Waals surface area contributed by atoms with E-state index in [4.69, 9.17) is 13.9 Å². The molecule has 5 aromatic rings. The monoisotopic (exact) mass is 594 g/mol. The molecule has 0 radical (unpaired) electrons. The molecule has 0 aliphatic carbocycles. The van der Waals surface area contributed by atoms with Gasteiger partial charge in [-0.1, -0.05) is 12.1 Å². The van der Waals surface area contributed by atoms with Gasteiger partial charge in [-0.3, -0.25) is 9.59 Å². The molecule has 0 saturated carbocycles. The molecule has 0 saturated heterocycles. The Labute approximate surface area is 257 Å². The fraction of sp³-hybridized carbons (Fsp3) is 0.286. The van der Waals surface area contributed by atoms with Crippen LogP contribution in [0.15, 0.2) is 83.3 Å². The van der Waals surface area contributed by atoms with Gasteiger partial charge in [0.2, 0.25) is 11.8 Å². The number of rotatable bonds is 14. The van der Waals surface area contributed by atoms with Gasteiger partial charge in [0.15, 0.2) is 5.58 Å². The predicted octanol–water partition coefficient (Wildman–Crippen LogP) is 7.27. The normalized spacial score (nSPS) is 11.0. The number of nitrogens with one attached hydrogen (secondary N) is 2. The molecule has 2 N–H and O–H groups in total. The van der Waals surface area contributed by atoms with Crippen LogP contribution in [0.3, 0.4) is 0 Å². The van der Waals surface area contributed by atoms with E-state index in [0.717, 1.165) is 46.5 Å². The molecule has 0 atom stereocenters. The first kappa shape index (κ1) is 30.4. The largest absolute Gasteiger partial charge is 0.493 e. The lowest BCUT2D eigenvalue weighted by atomic mass is 10.1. The van der Waals surface area contributed by atoms with Crippen LogP contribution in [0.5, 0.6) is 5.75 Å². The van der Waals surface area contributed by atoms with Gasteiger partial charge in [0.25, 0.3) is 0 Å². The van der Waals surface area contributed by atoms with E-state index in [-0.39, 0.29) is 18.4 Å². The van der Waals surface area contributed by atoms with Crippen molar-refractivity contribution in [3.8, 4) is 17.2 Å². The lowest BCUT2D eigenvalue weighted by molar-refractivity contribution is -0.143. The molecule has 0 bridgehead atoms. The number of oxazole rings is 1. The first-order chi connectivity index (χ1) is 21.4. The highest BCUT2D eigenvalue weighted by atomic mass is 16.5. The van der Waals surface area contributed by atoms with Crippen LogP contribution >= 0.6 is 0 Å². The molecule has 0 aliphatic rings. The standard InChI is InChI=1S/C35H38N4O5/c1-4-39(5-2)29-15-13-27(14-16-29)37-33(40)23-36-28-12-11-24-20-26(10-9-25(24)21-28)35-38-31-22-30(17-18-32(31)44-35)43-19-7-8-34(41)42-6-3/h9-18,20-22,36H,4-8,19,23H2,1-3H3,(H,37,40). The second kappa shape index (κ2) is 14.4. The molecule has 0 unspecified atom stereocenters. The molecule has 1 heterocycles. The molecule has 44 heavy (non-hydrogen) atoms. The quantitative estimate of drug-likeness (QED) is 0.102. The minimum atomic E-state index is -0.216. The maximum atomic E-state index is 12.6. The number of carbonyl (C=O) groups excluding carboxylic acids is 2. The highest BCUT2D eigenvalue weighted by Crippen LogP contribution is 2.30. The molecule has 0 spiro atoms. The number of esters is 1. The summed E-state index contributed by atoms with van der Waals surface area (Å²) in [5, 5.41) is 8.22. The molecule has 9 heteroatoms. The average Bonchev–Trinajstić information content (AvgIpc) is 3.47. The Hall–Kier alpha value is -5.05. The van der Waals surface area contributed by atoms with E-state index in [1.165, 1.54) is 0 Å². The SMILES string of the molecule is CCOC(=O)CCCOc1ccc2oc(-c3ccc4cc(NCC(=O)Nc5ccc(N(CC)CC)cc5)ccc4c3)nc2c1. The van der Waals surface area contributed by atoms with E-state index in [1.54, 1.807) is 6.92 Å². The predicted molar refractivity (Wildman–Crippen MR) is 175 cm³/mol. The number of ether oxygens (including phenoxy) is 2. The van der Waals surface area contributed by atoms with Crippen molar-refractivity contribution >= 4 is 50.8 Å². The summed E-state index contributed by atoms with van der Waals surface area (Å²) in [5.74, 6) is 0.857. The molecule has 1 amide bonds. The number of anilines is 3. The van der Waals surface area contributed by atoms with Gasteiger partial charge in [0.1, 0.15) is 11.3 Å². The number of aromatic nitrogens is 1. The van der Waals surface area contributed by atoms with E-state index in [2.05, 4.69) is 34.4 Å². The van der Waals surface area contributed by atoms with Gasteiger partial charge < -0.3 is 29.4 Å². The smallest absolute Gasteiger partial charge is 0.305 e. The van der Waals surface area contributed by atoms with Crippen LogP contribution in [0.25, 0.3) is 33.3 Å². The van der Waals surface area contributed by atoms with Crippen molar-refractivity contribution in [1.82, 2.24) is 4.98 Å². The van der Waals surface area contributed by atoms with Crippen LogP contribution in [-0.4, -0.2) is 49.7 Å². The van der Waals surface area contributed by atoms with Crippen molar-refractivity contribution in [1.29, 1.82) is 0 Å². The van der Waals surface area contributed by atoms with Crippen molar-refractivity contribution in [2.24, 2.45) is 0 Å². The fourth-order valence-electron chi connectivity index (χ4n) is 4.98. The summed E-state index contributed by atoms with van der Waals surface area (Å²) in [6.45, 7) is 8.87. The van der Waals surface area contributed by atoms with Gasteiger partial charge in [-0.15, -0.1) is 0 Å². The Balaban J connectivity index is 1.17. The van der Waals surface area contributed by atoms with Crippen LogP contribution in [0.1, 0.15) is 33.6 Å². The van der Waals surface area contributed by atoms with Gasteiger partial charge in [0.05, 0.1) is 19.8 Å². The Bertz CT molecular complexity index is 1730. The van der Waals surface area contributed by atoms with E-state index >= 15 is 0 Å². The first-order valence-corrected chi connectivity index (χ1v) is 15.1.